The lowest BCUT2D eigenvalue weighted by Crippen LogP contribution is -2.27. The summed E-state index contributed by atoms with van der Waals surface area (Å²) in [5.74, 6) is 0.0505. The molecule has 8 heteroatoms. The second-order valence-electron chi connectivity index (χ2n) is 7.16. The van der Waals surface area contributed by atoms with Gasteiger partial charge in [-0.2, -0.15) is 0 Å². The van der Waals surface area contributed by atoms with Crippen molar-refractivity contribution in [3.8, 4) is 0 Å². The van der Waals surface area contributed by atoms with E-state index in [0.717, 1.165) is 37.5 Å². The van der Waals surface area contributed by atoms with Crippen LogP contribution in [0.4, 0.5) is 5.82 Å². The molecule has 1 aromatic carbocycles. The molecule has 138 valence electrons. The van der Waals surface area contributed by atoms with Crippen LogP contribution in [0.3, 0.4) is 0 Å². The molecule has 0 saturated heterocycles. The third-order valence-electron chi connectivity index (χ3n) is 5.36. The maximum Gasteiger partial charge on any atom is 0.270 e. The average Bonchev–Trinajstić information content (AvgIpc) is 3.22. The fraction of sp³-hybridized carbons (Fsp3) is 0.444. The van der Waals surface area contributed by atoms with Crippen molar-refractivity contribution in [2.24, 2.45) is 0 Å². The lowest BCUT2D eigenvalue weighted by atomic mass is 9.87. The van der Waals surface area contributed by atoms with Crippen LogP contribution in [0.1, 0.15) is 55.2 Å². The van der Waals surface area contributed by atoms with Crippen molar-refractivity contribution in [1.82, 2.24) is 9.78 Å². The summed E-state index contributed by atoms with van der Waals surface area (Å²) in [7, 11) is -3.29. The maximum absolute atomic E-state index is 12.6. The Morgan fingerprint density at radius 1 is 1.08 bits per heavy atom. The van der Waals surface area contributed by atoms with E-state index in [1.807, 2.05) is 4.68 Å². The molecule has 2 heterocycles. The van der Waals surface area contributed by atoms with E-state index in [-0.39, 0.29) is 34.7 Å². The van der Waals surface area contributed by atoms with E-state index in [1.54, 1.807) is 12.1 Å². The molecule has 1 aliphatic carbocycles. The van der Waals surface area contributed by atoms with Gasteiger partial charge in [-0.05, 0) is 30.5 Å². The lowest BCUT2D eigenvalue weighted by Gasteiger charge is -2.25. The largest absolute Gasteiger partial charge is 0.311 e. The molecule has 1 aliphatic heterocycles. The van der Waals surface area contributed by atoms with Crippen molar-refractivity contribution in [1.29, 1.82) is 0 Å². The number of benzene rings is 1. The first kappa shape index (κ1) is 17.1. The van der Waals surface area contributed by atoms with Gasteiger partial charge in [-0.25, -0.2) is 8.42 Å². The van der Waals surface area contributed by atoms with Crippen molar-refractivity contribution in [2.45, 2.75) is 49.0 Å². The van der Waals surface area contributed by atoms with Crippen LogP contribution in [0.15, 0.2) is 34.0 Å². The van der Waals surface area contributed by atoms with Gasteiger partial charge in [-0.1, -0.05) is 25.0 Å². The van der Waals surface area contributed by atoms with Crippen LogP contribution in [-0.2, 0) is 14.6 Å². The summed E-state index contributed by atoms with van der Waals surface area (Å²) < 4.78 is 25.1. The molecule has 4 rings (SSSR count). The van der Waals surface area contributed by atoms with Gasteiger partial charge in [0, 0.05) is 18.6 Å². The minimum atomic E-state index is -3.29. The molecule has 1 unspecified atom stereocenters. The Morgan fingerprint density at radius 2 is 1.73 bits per heavy atom. The second-order valence-corrected chi connectivity index (χ2v) is 9.17. The smallest absolute Gasteiger partial charge is 0.270 e. The molecule has 1 aromatic heterocycles. The van der Waals surface area contributed by atoms with Gasteiger partial charge in [0.15, 0.2) is 9.84 Å². The van der Waals surface area contributed by atoms with Crippen LogP contribution in [0, 0.1) is 0 Å². The summed E-state index contributed by atoms with van der Waals surface area (Å²) in [5, 5.41) is 5.76. The number of nitrogens with one attached hydrogen (secondary N) is 2. The number of carbonyl (C=O) groups is 1. The van der Waals surface area contributed by atoms with E-state index in [9.17, 15) is 18.0 Å². The van der Waals surface area contributed by atoms with Crippen LogP contribution in [0.25, 0.3) is 0 Å². The van der Waals surface area contributed by atoms with Gasteiger partial charge in [-0.3, -0.25) is 19.4 Å². The third-order valence-corrected chi connectivity index (χ3v) is 6.49. The van der Waals surface area contributed by atoms with E-state index in [2.05, 4.69) is 10.4 Å². The van der Waals surface area contributed by atoms with Crippen molar-refractivity contribution in [3.05, 3.63) is 45.7 Å². The highest BCUT2D eigenvalue weighted by molar-refractivity contribution is 7.90. The van der Waals surface area contributed by atoms with E-state index in [0.29, 0.717) is 11.4 Å². The number of fused-ring (bicyclic) bond motifs is 1. The Morgan fingerprint density at radius 3 is 2.35 bits per heavy atom. The molecular weight excluding hydrogens is 354 g/mol. The molecule has 1 atom stereocenters. The SMILES string of the molecule is CS(=O)(=O)c1ccc(C2CC(=O)Nc3c2c(=O)[nH]n3C2CCCC2)cc1. The zero-order valence-corrected chi connectivity index (χ0v) is 15.3. The van der Waals surface area contributed by atoms with Crippen LogP contribution in [-0.4, -0.2) is 30.4 Å². The quantitative estimate of drug-likeness (QED) is 0.858. The van der Waals surface area contributed by atoms with Gasteiger partial charge >= 0.3 is 0 Å². The zero-order valence-electron chi connectivity index (χ0n) is 14.5. The highest BCUT2D eigenvalue weighted by atomic mass is 32.2. The normalized spacial score (nSPS) is 20.8. The number of aromatic nitrogens is 2. The van der Waals surface area contributed by atoms with Crippen molar-refractivity contribution in [2.75, 3.05) is 11.6 Å². The minimum Gasteiger partial charge on any atom is -0.311 e. The molecule has 1 amide bonds. The van der Waals surface area contributed by atoms with E-state index in [4.69, 9.17) is 0 Å². The number of carbonyl (C=O) groups excluding carboxylic acids is 1. The van der Waals surface area contributed by atoms with Crippen LogP contribution < -0.4 is 10.9 Å². The van der Waals surface area contributed by atoms with Crippen molar-refractivity contribution >= 4 is 21.6 Å². The standard InChI is InChI=1S/C18H21N3O4S/c1-26(24,25)13-8-6-11(7-9-13)14-10-15(22)19-17-16(14)18(23)20-21(17)12-4-2-3-5-12/h6-9,12,14H,2-5,10H2,1H3,(H,19,22)(H,20,23). The summed E-state index contributed by atoms with van der Waals surface area (Å²) in [5.41, 5.74) is 1.14. The first-order valence-corrected chi connectivity index (χ1v) is 10.7. The number of anilines is 1. The molecule has 2 aliphatic rings. The number of H-pyrrole nitrogens is 1. The lowest BCUT2D eigenvalue weighted by molar-refractivity contribution is -0.116. The number of amides is 1. The molecule has 2 N–H and O–H groups in total. The fourth-order valence-electron chi connectivity index (χ4n) is 4.05. The number of hydrogen-bond donors (Lipinski definition) is 2. The number of rotatable bonds is 3. The van der Waals surface area contributed by atoms with Gasteiger partial charge in [-0.15, -0.1) is 0 Å². The Bertz CT molecular complexity index is 1010. The van der Waals surface area contributed by atoms with Crippen LogP contribution >= 0.6 is 0 Å². The van der Waals surface area contributed by atoms with Gasteiger partial charge < -0.3 is 5.32 Å². The molecule has 0 radical (unpaired) electrons. The van der Waals surface area contributed by atoms with E-state index < -0.39 is 9.84 Å². The molecular formula is C18H21N3O4S. The third kappa shape index (κ3) is 2.88. The molecule has 1 saturated carbocycles. The number of hydrogen-bond acceptors (Lipinski definition) is 4. The van der Waals surface area contributed by atoms with Gasteiger partial charge in [0.05, 0.1) is 16.5 Å². The predicted molar refractivity (Wildman–Crippen MR) is 97.2 cm³/mol. The zero-order chi connectivity index (χ0) is 18.5. The topological polar surface area (TPSA) is 101 Å². The average molecular weight is 375 g/mol. The number of aromatic amines is 1. The highest BCUT2D eigenvalue weighted by Crippen LogP contribution is 2.39. The Labute approximate surface area is 151 Å². The fourth-order valence-corrected chi connectivity index (χ4v) is 4.68. The summed E-state index contributed by atoms with van der Waals surface area (Å²) in [6.07, 6.45) is 5.53. The molecule has 26 heavy (non-hydrogen) atoms. The van der Waals surface area contributed by atoms with Crippen molar-refractivity contribution < 1.29 is 13.2 Å². The summed E-state index contributed by atoms with van der Waals surface area (Å²) in [4.78, 5) is 25.1. The van der Waals surface area contributed by atoms with Gasteiger partial charge in [0.2, 0.25) is 5.91 Å². The minimum absolute atomic E-state index is 0.138. The summed E-state index contributed by atoms with van der Waals surface area (Å²) in [6, 6.07) is 6.64. The molecule has 2 aromatic rings. The predicted octanol–water partition coefficient (Wildman–Crippen LogP) is 2.17. The summed E-state index contributed by atoms with van der Waals surface area (Å²) in [6.45, 7) is 0. The Hall–Kier alpha value is -2.35. The molecule has 7 nitrogen and oxygen atoms in total. The summed E-state index contributed by atoms with van der Waals surface area (Å²) >= 11 is 0. The maximum atomic E-state index is 12.6. The number of sulfone groups is 1. The molecule has 0 spiro atoms. The second kappa shape index (κ2) is 6.12. The first-order valence-electron chi connectivity index (χ1n) is 8.79. The van der Waals surface area contributed by atoms with E-state index in [1.165, 1.54) is 12.1 Å². The molecule has 0 bridgehead atoms. The molecule has 1 fully saturated rings. The number of nitrogens with zero attached hydrogens (tertiary/aromatic N) is 1. The van der Waals surface area contributed by atoms with Gasteiger partial charge in [0.1, 0.15) is 5.82 Å². The highest BCUT2D eigenvalue weighted by Gasteiger charge is 2.34. The van der Waals surface area contributed by atoms with Crippen molar-refractivity contribution in [3.63, 3.8) is 0 Å². The Kier molecular flexibility index (Phi) is 4.02. The van der Waals surface area contributed by atoms with Crippen LogP contribution in [0.2, 0.25) is 0 Å². The van der Waals surface area contributed by atoms with Crippen LogP contribution in [0.5, 0.6) is 0 Å². The monoisotopic (exact) mass is 375 g/mol. The Balaban J connectivity index is 1.78. The van der Waals surface area contributed by atoms with Gasteiger partial charge in [0.25, 0.3) is 5.56 Å². The first-order chi connectivity index (χ1) is 12.3. The van der Waals surface area contributed by atoms with E-state index >= 15 is 0 Å².